The highest BCUT2D eigenvalue weighted by Gasteiger charge is 2.21. The van der Waals surface area contributed by atoms with Crippen LogP contribution in [0.15, 0.2) is 0 Å². The molecule has 1 saturated heterocycles. The number of carbonyl (C=O) groups is 2. The molecule has 0 aromatic rings. The van der Waals surface area contributed by atoms with E-state index < -0.39 is 11.8 Å². The normalized spacial score (nSPS) is 17.2. The Morgan fingerprint density at radius 3 is 2.25 bits per heavy atom. The standard InChI is InChI=1S/C8H14N2O2/c1-9-7(11)8(12)10-5-3-2-4-6-10/h2-6H2,1H3,(H,9,11). The fraction of sp³-hybridized carbons (Fsp3) is 0.750. The van der Waals surface area contributed by atoms with E-state index in [1.165, 1.54) is 7.05 Å². The first kappa shape index (κ1) is 9.03. The zero-order valence-electron chi connectivity index (χ0n) is 7.30. The molecule has 1 rings (SSSR count). The number of amides is 2. The van der Waals surface area contributed by atoms with Crippen molar-refractivity contribution in [1.82, 2.24) is 10.2 Å². The predicted octanol–water partition coefficient (Wildman–Crippen LogP) is -0.255. The average molecular weight is 170 g/mol. The summed E-state index contributed by atoms with van der Waals surface area (Å²) in [6.45, 7) is 1.46. The van der Waals surface area contributed by atoms with Crippen molar-refractivity contribution in [3.8, 4) is 0 Å². The quantitative estimate of drug-likeness (QED) is 0.509. The number of hydrogen-bond donors (Lipinski definition) is 1. The summed E-state index contributed by atoms with van der Waals surface area (Å²) in [5.41, 5.74) is 0. The molecular formula is C8H14N2O2. The number of nitrogens with one attached hydrogen (secondary N) is 1. The molecule has 0 aliphatic carbocycles. The Balaban J connectivity index is 2.45. The topological polar surface area (TPSA) is 49.4 Å². The minimum atomic E-state index is -0.503. The van der Waals surface area contributed by atoms with Crippen molar-refractivity contribution < 1.29 is 9.59 Å². The highest BCUT2D eigenvalue weighted by Crippen LogP contribution is 2.08. The first-order valence-corrected chi connectivity index (χ1v) is 4.26. The van der Waals surface area contributed by atoms with Gasteiger partial charge in [-0.2, -0.15) is 0 Å². The van der Waals surface area contributed by atoms with Crippen LogP contribution in [0.25, 0.3) is 0 Å². The number of rotatable bonds is 0. The van der Waals surface area contributed by atoms with Gasteiger partial charge in [-0.05, 0) is 19.3 Å². The smallest absolute Gasteiger partial charge is 0.311 e. The van der Waals surface area contributed by atoms with E-state index in [1.54, 1.807) is 4.90 Å². The van der Waals surface area contributed by atoms with Gasteiger partial charge in [-0.1, -0.05) is 0 Å². The molecule has 0 bridgehead atoms. The molecule has 1 N–H and O–H groups in total. The second-order valence-corrected chi connectivity index (χ2v) is 2.93. The summed E-state index contributed by atoms with van der Waals surface area (Å²) >= 11 is 0. The van der Waals surface area contributed by atoms with Gasteiger partial charge >= 0.3 is 11.8 Å². The van der Waals surface area contributed by atoms with Crippen LogP contribution < -0.4 is 5.32 Å². The Morgan fingerprint density at radius 1 is 1.17 bits per heavy atom. The van der Waals surface area contributed by atoms with Gasteiger partial charge in [-0.25, -0.2) is 0 Å². The summed E-state index contributed by atoms with van der Waals surface area (Å²) < 4.78 is 0. The molecule has 0 saturated carbocycles. The van der Waals surface area contributed by atoms with Crippen LogP contribution in [-0.2, 0) is 9.59 Å². The summed E-state index contributed by atoms with van der Waals surface area (Å²) in [5.74, 6) is -0.894. The summed E-state index contributed by atoms with van der Waals surface area (Å²) in [4.78, 5) is 23.8. The molecule has 0 radical (unpaired) electrons. The molecule has 1 aliphatic heterocycles. The molecule has 1 heterocycles. The molecule has 0 spiro atoms. The lowest BCUT2D eigenvalue weighted by Crippen LogP contribution is -2.44. The predicted molar refractivity (Wildman–Crippen MR) is 44.5 cm³/mol. The monoisotopic (exact) mass is 170 g/mol. The van der Waals surface area contributed by atoms with E-state index in [9.17, 15) is 9.59 Å². The van der Waals surface area contributed by atoms with Crippen molar-refractivity contribution in [3.05, 3.63) is 0 Å². The lowest BCUT2D eigenvalue weighted by Gasteiger charge is -2.25. The largest absolute Gasteiger partial charge is 0.351 e. The van der Waals surface area contributed by atoms with Crippen molar-refractivity contribution >= 4 is 11.8 Å². The van der Waals surface area contributed by atoms with Crippen LogP contribution in [0.5, 0.6) is 0 Å². The Labute approximate surface area is 71.9 Å². The van der Waals surface area contributed by atoms with Crippen molar-refractivity contribution in [2.45, 2.75) is 19.3 Å². The van der Waals surface area contributed by atoms with Gasteiger partial charge in [-0.3, -0.25) is 9.59 Å². The molecule has 0 aromatic heterocycles. The molecule has 4 heteroatoms. The van der Waals surface area contributed by atoms with E-state index in [0.717, 1.165) is 32.4 Å². The van der Waals surface area contributed by atoms with Crippen LogP contribution in [-0.4, -0.2) is 36.9 Å². The van der Waals surface area contributed by atoms with E-state index in [0.29, 0.717) is 0 Å². The minimum absolute atomic E-state index is 0.391. The second-order valence-electron chi connectivity index (χ2n) is 2.93. The number of carbonyl (C=O) groups excluding carboxylic acids is 2. The molecule has 1 aliphatic rings. The SMILES string of the molecule is CNC(=O)C(=O)N1CCCCC1. The van der Waals surface area contributed by atoms with Crippen LogP contribution in [0.3, 0.4) is 0 Å². The molecule has 1 fully saturated rings. The highest BCUT2D eigenvalue weighted by molar-refractivity contribution is 6.34. The van der Waals surface area contributed by atoms with Crippen LogP contribution in [0.1, 0.15) is 19.3 Å². The highest BCUT2D eigenvalue weighted by atomic mass is 16.2. The van der Waals surface area contributed by atoms with E-state index in [1.807, 2.05) is 0 Å². The Kier molecular flexibility index (Phi) is 3.08. The summed E-state index contributed by atoms with van der Waals surface area (Å²) in [5, 5.41) is 2.33. The molecule has 68 valence electrons. The summed E-state index contributed by atoms with van der Waals surface area (Å²) in [6.07, 6.45) is 3.20. The van der Waals surface area contributed by atoms with E-state index in [-0.39, 0.29) is 0 Å². The van der Waals surface area contributed by atoms with Crippen molar-refractivity contribution in [3.63, 3.8) is 0 Å². The van der Waals surface area contributed by atoms with Crippen molar-refractivity contribution in [2.75, 3.05) is 20.1 Å². The van der Waals surface area contributed by atoms with Crippen LogP contribution in [0, 0.1) is 0 Å². The molecule has 0 atom stereocenters. The summed E-state index contributed by atoms with van der Waals surface area (Å²) in [7, 11) is 1.48. The first-order chi connectivity index (χ1) is 5.75. The van der Waals surface area contributed by atoms with E-state index >= 15 is 0 Å². The van der Waals surface area contributed by atoms with E-state index in [4.69, 9.17) is 0 Å². The number of nitrogens with zero attached hydrogens (tertiary/aromatic N) is 1. The van der Waals surface area contributed by atoms with Gasteiger partial charge in [0.2, 0.25) is 0 Å². The Hall–Kier alpha value is -1.06. The third-order valence-electron chi connectivity index (χ3n) is 2.06. The van der Waals surface area contributed by atoms with E-state index in [2.05, 4.69) is 5.32 Å². The third-order valence-corrected chi connectivity index (χ3v) is 2.06. The lowest BCUT2D eigenvalue weighted by molar-refractivity contribution is -0.146. The third kappa shape index (κ3) is 1.96. The van der Waals surface area contributed by atoms with Gasteiger partial charge in [0.1, 0.15) is 0 Å². The van der Waals surface area contributed by atoms with Crippen molar-refractivity contribution in [2.24, 2.45) is 0 Å². The minimum Gasteiger partial charge on any atom is -0.351 e. The van der Waals surface area contributed by atoms with Gasteiger partial charge in [0.15, 0.2) is 0 Å². The molecular weight excluding hydrogens is 156 g/mol. The maximum absolute atomic E-state index is 11.2. The molecule has 0 unspecified atom stereocenters. The lowest BCUT2D eigenvalue weighted by atomic mass is 10.1. The first-order valence-electron chi connectivity index (χ1n) is 4.26. The van der Waals surface area contributed by atoms with Crippen LogP contribution >= 0.6 is 0 Å². The number of piperidine rings is 1. The Bertz CT molecular complexity index is 185. The zero-order valence-corrected chi connectivity index (χ0v) is 7.30. The van der Waals surface area contributed by atoms with Crippen LogP contribution in [0.4, 0.5) is 0 Å². The summed E-state index contributed by atoms with van der Waals surface area (Å²) in [6, 6.07) is 0. The maximum atomic E-state index is 11.2. The Morgan fingerprint density at radius 2 is 1.75 bits per heavy atom. The number of likely N-dealkylation sites (N-methyl/N-ethyl adjacent to an activating group) is 1. The second kappa shape index (κ2) is 4.09. The molecule has 12 heavy (non-hydrogen) atoms. The zero-order chi connectivity index (χ0) is 8.97. The maximum Gasteiger partial charge on any atom is 0.311 e. The fourth-order valence-corrected chi connectivity index (χ4v) is 1.35. The van der Waals surface area contributed by atoms with Gasteiger partial charge in [0.25, 0.3) is 0 Å². The average Bonchev–Trinajstić information content (AvgIpc) is 2.17. The molecule has 0 aromatic carbocycles. The van der Waals surface area contributed by atoms with Gasteiger partial charge in [0.05, 0.1) is 0 Å². The molecule has 4 nitrogen and oxygen atoms in total. The number of hydrogen-bond acceptors (Lipinski definition) is 2. The van der Waals surface area contributed by atoms with Gasteiger partial charge in [-0.15, -0.1) is 0 Å². The fourth-order valence-electron chi connectivity index (χ4n) is 1.35. The van der Waals surface area contributed by atoms with Crippen molar-refractivity contribution in [1.29, 1.82) is 0 Å². The van der Waals surface area contributed by atoms with Crippen LogP contribution in [0.2, 0.25) is 0 Å². The molecule has 2 amide bonds. The number of likely N-dealkylation sites (tertiary alicyclic amines) is 1. The van der Waals surface area contributed by atoms with Gasteiger partial charge < -0.3 is 10.2 Å². The van der Waals surface area contributed by atoms with Gasteiger partial charge in [0, 0.05) is 20.1 Å².